The highest BCUT2D eigenvalue weighted by molar-refractivity contribution is 7.14. The molecular weight excluding hydrogens is 220 g/mol. The first-order valence-electron chi connectivity index (χ1n) is 5.50. The van der Waals surface area contributed by atoms with Gasteiger partial charge in [0.1, 0.15) is 5.00 Å². The van der Waals surface area contributed by atoms with Crippen molar-refractivity contribution in [1.29, 1.82) is 0 Å². The number of anilines is 1. The summed E-state index contributed by atoms with van der Waals surface area (Å²) in [5.74, 6) is 0.301. The summed E-state index contributed by atoms with van der Waals surface area (Å²) in [6, 6.07) is 2.02. The molecule has 3 nitrogen and oxygen atoms in total. The van der Waals surface area contributed by atoms with Gasteiger partial charge in [-0.25, -0.2) is 0 Å². The van der Waals surface area contributed by atoms with Crippen LogP contribution in [0.25, 0.3) is 0 Å². The molecule has 1 atom stereocenters. The topological polar surface area (TPSA) is 46.3 Å². The Labute approximate surface area is 101 Å². The number of rotatable bonds is 4. The fourth-order valence-corrected chi connectivity index (χ4v) is 2.62. The summed E-state index contributed by atoms with van der Waals surface area (Å²) in [6.07, 6.45) is 0. The Bertz CT molecular complexity index is 360. The first-order chi connectivity index (χ1) is 7.49. The number of nitrogens with two attached hydrogens (primary N) is 1. The van der Waals surface area contributed by atoms with Crippen molar-refractivity contribution in [3.8, 4) is 0 Å². The molecule has 1 aromatic heterocycles. The van der Waals surface area contributed by atoms with E-state index in [0.717, 1.165) is 10.6 Å². The summed E-state index contributed by atoms with van der Waals surface area (Å²) >= 11 is 1.59. The highest BCUT2D eigenvalue weighted by atomic mass is 32.1. The Morgan fingerprint density at radius 1 is 1.56 bits per heavy atom. The van der Waals surface area contributed by atoms with Crippen LogP contribution in [0.1, 0.15) is 19.4 Å². The molecule has 0 fully saturated rings. The van der Waals surface area contributed by atoms with E-state index in [-0.39, 0.29) is 17.7 Å². The summed E-state index contributed by atoms with van der Waals surface area (Å²) in [4.78, 5) is 14.0. The van der Waals surface area contributed by atoms with Gasteiger partial charge < -0.3 is 10.6 Å². The summed E-state index contributed by atoms with van der Waals surface area (Å²) in [7, 11) is 1.83. The van der Waals surface area contributed by atoms with Crippen molar-refractivity contribution in [3.63, 3.8) is 0 Å². The number of carbonyl (C=O) groups excluding carboxylic acids is 1. The summed E-state index contributed by atoms with van der Waals surface area (Å²) in [6.45, 7) is 6.49. The lowest BCUT2D eigenvalue weighted by molar-refractivity contribution is -0.123. The number of hydrogen-bond acceptors (Lipinski definition) is 3. The van der Waals surface area contributed by atoms with Crippen molar-refractivity contribution >= 4 is 22.2 Å². The zero-order chi connectivity index (χ0) is 12.3. The molecule has 4 heteroatoms. The molecule has 0 saturated carbocycles. The molecule has 1 heterocycles. The molecule has 16 heavy (non-hydrogen) atoms. The fraction of sp³-hybridized carbons (Fsp3) is 0.583. The molecule has 1 amide bonds. The second-order valence-corrected chi connectivity index (χ2v) is 5.29. The van der Waals surface area contributed by atoms with Crippen LogP contribution in [0.4, 0.5) is 5.00 Å². The lowest BCUT2D eigenvalue weighted by Gasteiger charge is -2.24. The molecule has 2 N–H and O–H groups in total. The van der Waals surface area contributed by atoms with Crippen molar-refractivity contribution in [2.75, 3.05) is 18.5 Å². The van der Waals surface area contributed by atoms with Gasteiger partial charge in [-0.15, -0.1) is 11.3 Å². The second-order valence-electron chi connectivity index (χ2n) is 4.39. The molecular formula is C12H20N2OS. The van der Waals surface area contributed by atoms with E-state index in [9.17, 15) is 4.79 Å². The van der Waals surface area contributed by atoms with Crippen LogP contribution in [-0.2, 0) is 4.79 Å². The van der Waals surface area contributed by atoms with E-state index in [0.29, 0.717) is 6.54 Å². The van der Waals surface area contributed by atoms with E-state index in [1.54, 1.807) is 16.2 Å². The minimum atomic E-state index is -0.0912. The lowest BCUT2D eigenvalue weighted by atomic mass is 9.94. The maximum Gasteiger partial charge on any atom is 0.231 e. The zero-order valence-corrected chi connectivity index (χ0v) is 11.2. The smallest absolute Gasteiger partial charge is 0.231 e. The third kappa shape index (κ3) is 2.62. The molecule has 0 aliphatic rings. The van der Waals surface area contributed by atoms with Crippen LogP contribution in [0.3, 0.4) is 0 Å². The van der Waals surface area contributed by atoms with Crippen molar-refractivity contribution < 1.29 is 4.79 Å². The van der Waals surface area contributed by atoms with E-state index >= 15 is 0 Å². The van der Waals surface area contributed by atoms with Gasteiger partial charge in [-0.1, -0.05) is 13.8 Å². The van der Waals surface area contributed by atoms with Gasteiger partial charge in [0, 0.05) is 13.6 Å². The van der Waals surface area contributed by atoms with Crippen LogP contribution >= 0.6 is 11.3 Å². The van der Waals surface area contributed by atoms with Crippen LogP contribution in [0, 0.1) is 18.8 Å². The van der Waals surface area contributed by atoms with Gasteiger partial charge in [0.2, 0.25) is 5.91 Å². The molecule has 1 aromatic rings. The first kappa shape index (κ1) is 13.2. The SMILES string of the molecule is Cc1ccsc1N(C)C(=O)C(CN)C(C)C. The average Bonchev–Trinajstić information content (AvgIpc) is 2.63. The highest BCUT2D eigenvalue weighted by Crippen LogP contribution is 2.27. The molecule has 0 radical (unpaired) electrons. The first-order valence-corrected chi connectivity index (χ1v) is 6.38. The van der Waals surface area contributed by atoms with Gasteiger partial charge in [-0.05, 0) is 29.9 Å². The van der Waals surface area contributed by atoms with Crippen molar-refractivity contribution in [2.45, 2.75) is 20.8 Å². The van der Waals surface area contributed by atoms with E-state index < -0.39 is 0 Å². The normalized spacial score (nSPS) is 12.9. The van der Waals surface area contributed by atoms with Crippen molar-refractivity contribution in [1.82, 2.24) is 0 Å². The molecule has 0 aromatic carbocycles. The van der Waals surface area contributed by atoms with Gasteiger partial charge in [0.25, 0.3) is 0 Å². The largest absolute Gasteiger partial charge is 0.330 e. The predicted molar refractivity (Wildman–Crippen MR) is 69.8 cm³/mol. The molecule has 0 bridgehead atoms. The van der Waals surface area contributed by atoms with Crippen molar-refractivity contribution in [3.05, 3.63) is 17.0 Å². The Balaban J connectivity index is 2.85. The molecule has 90 valence electrons. The number of amides is 1. The second kappa shape index (κ2) is 5.46. The molecule has 0 spiro atoms. The van der Waals surface area contributed by atoms with Crippen LogP contribution in [0.15, 0.2) is 11.4 Å². The van der Waals surface area contributed by atoms with Crippen LogP contribution in [-0.4, -0.2) is 19.5 Å². The number of aryl methyl sites for hydroxylation is 1. The number of carbonyl (C=O) groups is 1. The van der Waals surface area contributed by atoms with Crippen LogP contribution in [0.2, 0.25) is 0 Å². The summed E-state index contributed by atoms with van der Waals surface area (Å²) in [5, 5.41) is 3.02. The van der Waals surface area contributed by atoms with Gasteiger partial charge in [0.05, 0.1) is 5.92 Å². The molecule has 1 unspecified atom stereocenters. The van der Waals surface area contributed by atoms with E-state index in [1.807, 2.05) is 39.3 Å². The third-order valence-electron chi connectivity index (χ3n) is 2.85. The standard InChI is InChI=1S/C12H20N2OS/c1-8(2)10(7-13)11(15)14(4)12-9(3)5-6-16-12/h5-6,8,10H,7,13H2,1-4H3. The van der Waals surface area contributed by atoms with Gasteiger partial charge in [0.15, 0.2) is 0 Å². The summed E-state index contributed by atoms with van der Waals surface area (Å²) in [5.41, 5.74) is 6.80. The molecule has 0 saturated heterocycles. The predicted octanol–water partition coefficient (Wildman–Crippen LogP) is 2.25. The Hall–Kier alpha value is -0.870. The average molecular weight is 240 g/mol. The highest BCUT2D eigenvalue weighted by Gasteiger charge is 2.25. The van der Waals surface area contributed by atoms with Crippen molar-refractivity contribution in [2.24, 2.45) is 17.6 Å². The minimum absolute atomic E-state index is 0.0912. The maximum atomic E-state index is 12.2. The fourth-order valence-electron chi connectivity index (χ4n) is 1.72. The Morgan fingerprint density at radius 3 is 2.56 bits per heavy atom. The summed E-state index contributed by atoms with van der Waals surface area (Å²) < 4.78 is 0. The van der Waals surface area contributed by atoms with Gasteiger partial charge in [-0.3, -0.25) is 4.79 Å². The molecule has 0 aliphatic carbocycles. The van der Waals surface area contributed by atoms with Gasteiger partial charge >= 0.3 is 0 Å². The maximum absolute atomic E-state index is 12.2. The third-order valence-corrected chi connectivity index (χ3v) is 3.94. The van der Waals surface area contributed by atoms with Crippen LogP contribution < -0.4 is 10.6 Å². The lowest BCUT2D eigenvalue weighted by Crippen LogP contribution is -2.39. The zero-order valence-electron chi connectivity index (χ0n) is 10.4. The Kier molecular flexibility index (Phi) is 4.50. The Morgan fingerprint density at radius 2 is 2.19 bits per heavy atom. The van der Waals surface area contributed by atoms with E-state index in [1.165, 1.54) is 0 Å². The van der Waals surface area contributed by atoms with E-state index in [4.69, 9.17) is 5.73 Å². The molecule has 0 aliphatic heterocycles. The van der Waals surface area contributed by atoms with Crippen LogP contribution in [0.5, 0.6) is 0 Å². The number of nitrogens with zero attached hydrogens (tertiary/aromatic N) is 1. The molecule has 1 rings (SSSR count). The minimum Gasteiger partial charge on any atom is -0.330 e. The monoisotopic (exact) mass is 240 g/mol. The number of hydrogen-bond donors (Lipinski definition) is 1. The van der Waals surface area contributed by atoms with Gasteiger partial charge in [-0.2, -0.15) is 0 Å². The van der Waals surface area contributed by atoms with E-state index in [2.05, 4.69) is 0 Å². The number of thiophene rings is 1. The quantitative estimate of drug-likeness (QED) is 0.877.